The summed E-state index contributed by atoms with van der Waals surface area (Å²) in [5.74, 6) is 0.905. The minimum Gasteiger partial charge on any atom is -0.0928 e. The van der Waals surface area contributed by atoms with Gasteiger partial charge >= 0.3 is 0 Å². The Morgan fingerprint density at radius 1 is 0.875 bits per heavy atom. The van der Waals surface area contributed by atoms with Crippen molar-refractivity contribution >= 4 is 15.9 Å². The molecule has 0 aromatic rings. The molecule has 0 N–H and O–H groups in total. The van der Waals surface area contributed by atoms with Crippen LogP contribution in [0.4, 0.5) is 0 Å². The molecule has 0 amide bonds. The maximum atomic E-state index is 3.48. The molecule has 1 unspecified atom stereocenters. The molecular formula is C15H31Br. The molecule has 0 bridgehead atoms. The number of rotatable bonds is 9. The van der Waals surface area contributed by atoms with Crippen molar-refractivity contribution in [3.8, 4) is 0 Å². The number of hydrogen-bond donors (Lipinski definition) is 0. The Balaban J connectivity index is 3.25. The predicted octanol–water partition coefficient (Wildman–Crippen LogP) is 6.18. The first-order chi connectivity index (χ1) is 7.45. The molecule has 1 atom stereocenters. The normalized spacial score (nSPS) is 14.1. The molecule has 98 valence electrons. The van der Waals surface area contributed by atoms with E-state index in [0.29, 0.717) is 5.41 Å². The van der Waals surface area contributed by atoms with Gasteiger partial charge in [-0.3, -0.25) is 0 Å². The van der Waals surface area contributed by atoms with E-state index in [9.17, 15) is 0 Å². The second-order valence-corrected chi connectivity index (χ2v) is 7.26. The standard InChI is InChI=1S/C15H31Br/c1-14(13-15(2,3)4)11-9-7-5-6-8-10-12-16/h14H,5-13H2,1-4H3. The summed E-state index contributed by atoms with van der Waals surface area (Å²) in [6, 6.07) is 0. The number of halogens is 1. The largest absolute Gasteiger partial charge is 0.0928 e. The van der Waals surface area contributed by atoms with E-state index >= 15 is 0 Å². The van der Waals surface area contributed by atoms with E-state index < -0.39 is 0 Å². The van der Waals surface area contributed by atoms with Crippen LogP contribution in [0.3, 0.4) is 0 Å². The van der Waals surface area contributed by atoms with Crippen LogP contribution in [0.2, 0.25) is 0 Å². The van der Waals surface area contributed by atoms with Crippen molar-refractivity contribution in [2.45, 2.75) is 79.1 Å². The first-order valence-corrected chi connectivity index (χ1v) is 8.14. The van der Waals surface area contributed by atoms with Crippen molar-refractivity contribution in [3.05, 3.63) is 0 Å². The highest BCUT2D eigenvalue weighted by molar-refractivity contribution is 9.09. The first-order valence-electron chi connectivity index (χ1n) is 7.01. The van der Waals surface area contributed by atoms with E-state index in [1.54, 1.807) is 0 Å². The third-order valence-electron chi connectivity index (χ3n) is 3.04. The summed E-state index contributed by atoms with van der Waals surface area (Å²) in [4.78, 5) is 0. The van der Waals surface area contributed by atoms with Crippen LogP contribution in [0.1, 0.15) is 79.1 Å². The van der Waals surface area contributed by atoms with E-state index in [0.717, 1.165) is 5.92 Å². The number of alkyl halides is 1. The van der Waals surface area contributed by atoms with Gasteiger partial charge in [0, 0.05) is 5.33 Å². The molecule has 0 aromatic heterocycles. The average Bonchev–Trinajstić information content (AvgIpc) is 2.13. The summed E-state index contributed by atoms with van der Waals surface area (Å²) in [6.07, 6.45) is 11.3. The molecule has 0 heterocycles. The number of unbranched alkanes of at least 4 members (excludes halogenated alkanes) is 5. The Hall–Kier alpha value is 0.480. The highest BCUT2D eigenvalue weighted by Crippen LogP contribution is 2.27. The molecule has 0 radical (unpaired) electrons. The molecule has 0 saturated carbocycles. The van der Waals surface area contributed by atoms with Crippen LogP contribution >= 0.6 is 15.9 Å². The molecule has 0 nitrogen and oxygen atoms in total. The second-order valence-electron chi connectivity index (χ2n) is 6.47. The van der Waals surface area contributed by atoms with Gasteiger partial charge in [0.05, 0.1) is 0 Å². The fourth-order valence-corrected chi connectivity index (χ4v) is 2.84. The van der Waals surface area contributed by atoms with Crippen molar-refractivity contribution < 1.29 is 0 Å². The minimum absolute atomic E-state index is 0.509. The fraction of sp³-hybridized carbons (Fsp3) is 1.00. The van der Waals surface area contributed by atoms with Gasteiger partial charge in [-0.25, -0.2) is 0 Å². The average molecular weight is 291 g/mol. The lowest BCUT2D eigenvalue weighted by Crippen LogP contribution is -2.10. The topological polar surface area (TPSA) is 0 Å². The second kappa shape index (κ2) is 9.50. The van der Waals surface area contributed by atoms with Crippen LogP contribution in [-0.4, -0.2) is 5.33 Å². The Kier molecular flexibility index (Phi) is 9.79. The molecule has 0 aliphatic carbocycles. The van der Waals surface area contributed by atoms with Crippen LogP contribution in [0.15, 0.2) is 0 Å². The Morgan fingerprint density at radius 3 is 1.88 bits per heavy atom. The Morgan fingerprint density at radius 2 is 1.38 bits per heavy atom. The van der Waals surface area contributed by atoms with E-state index in [-0.39, 0.29) is 0 Å². The van der Waals surface area contributed by atoms with E-state index in [4.69, 9.17) is 0 Å². The Bertz CT molecular complexity index is 146. The maximum absolute atomic E-state index is 3.48. The first kappa shape index (κ1) is 16.5. The van der Waals surface area contributed by atoms with Crippen LogP contribution < -0.4 is 0 Å². The number of hydrogen-bond acceptors (Lipinski definition) is 0. The molecule has 0 rings (SSSR count). The lowest BCUT2D eigenvalue weighted by atomic mass is 9.83. The molecular weight excluding hydrogens is 260 g/mol. The van der Waals surface area contributed by atoms with Gasteiger partial charge in [-0.05, 0) is 24.2 Å². The smallest absolute Gasteiger partial charge is 0.00313 e. The minimum atomic E-state index is 0.509. The van der Waals surface area contributed by atoms with Crippen molar-refractivity contribution in [1.29, 1.82) is 0 Å². The van der Waals surface area contributed by atoms with Crippen molar-refractivity contribution in [2.75, 3.05) is 5.33 Å². The summed E-state index contributed by atoms with van der Waals surface area (Å²) in [5.41, 5.74) is 0.509. The molecule has 1 heteroatoms. The zero-order chi connectivity index (χ0) is 12.4. The highest BCUT2D eigenvalue weighted by Gasteiger charge is 2.14. The molecule has 0 aliphatic heterocycles. The monoisotopic (exact) mass is 290 g/mol. The summed E-state index contributed by atoms with van der Waals surface area (Å²) in [5, 5.41) is 1.18. The van der Waals surface area contributed by atoms with Crippen molar-refractivity contribution in [3.63, 3.8) is 0 Å². The summed E-state index contributed by atoms with van der Waals surface area (Å²) < 4.78 is 0. The van der Waals surface area contributed by atoms with Gasteiger partial charge in [-0.15, -0.1) is 0 Å². The lowest BCUT2D eigenvalue weighted by Gasteiger charge is -2.23. The zero-order valence-electron chi connectivity index (χ0n) is 11.8. The van der Waals surface area contributed by atoms with Crippen LogP contribution in [-0.2, 0) is 0 Å². The molecule has 16 heavy (non-hydrogen) atoms. The van der Waals surface area contributed by atoms with E-state index in [1.807, 2.05) is 0 Å². The summed E-state index contributed by atoms with van der Waals surface area (Å²) in [7, 11) is 0. The van der Waals surface area contributed by atoms with Gasteiger partial charge in [-0.1, -0.05) is 82.1 Å². The molecule has 0 saturated heterocycles. The van der Waals surface area contributed by atoms with Gasteiger partial charge in [0.25, 0.3) is 0 Å². The lowest BCUT2D eigenvalue weighted by molar-refractivity contribution is 0.291. The molecule has 0 spiro atoms. The van der Waals surface area contributed by atoms with Crippen molar-refractivity contribution in [2.24, 2.45) is 11.3 Å². The third kappa shape index (κ3) is 12.5. The van der Waals surface area contributed by atoms with Crippen LogP contribution in [0.5, 0.6) is 0 Å². The quantitative estimate of drug-likeness (QED) is 0.351. The van der Waals surface area contributed by atoms with Gasteiger partial charge in [0.2, 0.25) is 0 Å². The maximum Gasteiger partial charge on any atom is 0.00313 e. The predicted molar refractivity (Wildman–Crippen MR) is 79.3 cm³/mol. The Labute approximate surface area is 112 Å². The van der Waals surface area contributed by atoms with Gasteiger partial charge in [0.1, 0.15) is 0 Å². The fourth-order valence-electron chi connectivity index (χ4n) is 2.44. The van der Waals surface area contributed by atoms with E-state index in [2.05, 4.69) is 43.6 Å². The van der Waals surface area contributed by atoms with Gasteiger partial charge in [0.15, 0.2) is 0 Å². The summed E-state index contributed by atoms with van der Waals surface area (Å²) in [6.45, 7) is 9.47. The molecule has 0 aliphatic rings. The zero-order valence-corrected chi connectivity index (χ0v) is 13.4. The van der Waals surface area contributed by atoms with Crippen LogP contribution in [0, 0.1) is 11.3 Å². The molecule has 0 aromatic carbocycles. The van der Waals surface area contributed by atoms with Gasteiger partial charge < -0.3 is 0 Å². The van der Waals surface area contributed by atoms with E-state index in [1.165, 1.54) is 56.7 Å². The summed E-state index contributed by atoms with van der Waals surface area (Å²) >= 11 is 3.48. The SMILES string of the molecule is CC(CCCCCCCCBr)CC(C)(C)C. The van der Waals surface area contributed by atoms with Crippen LogP contribution in [0.25, 0.3) is 0 Å². The van der Waals surface area contributed by atoms with Gasteiger partial charge in [-0.2, -0.15) is 0 Å². The van der Waals surface area contributed by atoms with Crippen molar-refractivity contribution in [1.82, 2.24) is 0 Å². The highest BCUT2D eigenvalue weighted by atomic mass is 79.9. The molecule has 0 fully saturated rings. The third-order valence-corrected chi connectivity index (χ3v) is 3.60.